The molecule has 2 aromatic heterocycles. The predicted octanol–water partition coefficient (Wildman–Crippen LogP) is 3.41. The van der Waals surface area contributed by atoms with Crippen molar-refractivity contribution in [2.75, 3.05) is 13.6 Å². The Morgan fingerprint density at radius 1 is 1.06 bits per heavy atom. The standard InChI is InChI=1S/C25H21N5O3S/c1-3-29-24(32)17(20(31)19(26-2)25(29)34)14-18-27-23-21(30(18)16-12-8-5-9-13-16)28-22(33-23)15-10-6-4-7-11-15/h4-14,19,26H,3H2,1-2H3/b17-14+. The summed E-state index contributed by atoms with van der Waals surface area (Å²) in [6.07, 6.45) is 1.49. The third-order valence-corrected chi connectivity index (χ3v) is 6.13. The maximum absolute atomic E-state index is 13.1. The van der Waals surface area contributed by atoms with Crippen molar-refractivity contribution in [3.8, 4) is 17.1 Å². The third kappa shape index (κ3) is 3.55. The first-order valence-electron chi connectivity index (χ1n) is 10.8. The molecule has 34 heavy (non-hydrogen) atoms. The van der Waals surface area contributed by atoms with Gasteiger partial charge < -0.3 is 14.6 Å². The SMILES string of the molecule is CCN1C(=O)/C(=C/c2nc3oc(-c4ccccc4)nc3n2-c2ccccc2)C(=O)C(NC)C1=S. The summed E-state index contributed by atoms with van der Waals surface area (Å²) in [4.78, 5) is 37.2. The van der Waals surface area contributed by atoms with E-state index in [4.69, 9.17) is 16.6 Å². The van der Waals surface area contributed by atoms with Crippen LogP contribution < -0.4 is 5.32 Å². The first-order chi connectivity index (χ1) is 16.5. The molecule has 0 radical (unpaired) electrons. The fraction of sp³-hybridized carbons (Fsp3) is 0.160. The average molecular weight is 472 g/mol. The van der Waals surface area contributed by atoms with Crippen molar-refractivity contribution in [1.29, 1.82) is 0 Å². The molecule has 1 aliphatic heterocycles. The van der Waals surface area contributed by atoms with Gasteiger partial charge in [0.1, 0.15) is 16.9 Å². The quantitative estimate of drug-likeness (QED) is 0.271. The van der Waals surface area contributed by atoms with Gasteiger partial charge in [-0.05, 0) is 44.3 Å². The van der Waals surface area contributed by atoms with E-state index in [0.29, 0.717) is 29.6 Å². The number of likely N-dealkylation sites (tertiary alicyclic amines) is 1. The predicted molar refractivity (Wildman–Crippen MR) is 132 cm³/mol. The van der Waals surface area contributed by atoms with Crippen LogP contribution in [0.1, 0.15) is 12.7 Å². The van der Waals surface area contributed by atoms with Crippen LogP contribution in [0.15, 0.2) is 70.7 Å². The van der Waals surface area contributed by atoms with Gasteiger partial charge in [-0.25, -0.2) is 0 Å². The molecule has 8 nitrogen and oxygen atoms in total. The molecule has 1 fully saturated rings. The van der Waals surface area contributed by atoms with E-state index in [2.05, 4.69) is 15.3 Å². The van der Waals surface area contributed by atoms with Gasteiger partial charge in [0.15, 0.2) is 5.78 Å². The summed E-state index contributed by atoms with van der Waals surface area (Å²) in [7, 11) is 1.64. The van der Waals surface area contributed by atoms with Crippen molar-refractivity contribution in [3.05, 3.63) is 72.1 Å². The summed E-state index contributed by atoms with van der Waals surface area (Å²) in [6.45, 7) is 2.18. The number of piperidine rings is 1. The highest BCUT2D eigenvalue weighted by atomic mass is 32.1. The van der Waals surface area contributed by atoms with Crippen LogP contribution in [0.2, 0.25) is 0 Å². The van der Waals surface area contributed by atoms with Crippen molar-refractivity contribution in [3.63, 3.8) is 0 Å². The molecule has 1 amide bonds. The molecule has 3 heterocycles. The van der Waals surface area contributed by atoms with Crippen LogP contribution in [0.5, 0.6) is 0 Å². The van der Waals surface area contributed by atoms with Crippen LogP contribution in [-0.2, 0) is 9.59 Å². The number of imidazole rings is 1. The van der Waals surface area contributed by atoms with Crippen LogP contribution in [0.3, 0.4) is 0 Å². The van der Waals surface area contributed by atoms with Crippen molar-refractivity contribution < 1.29 is 14.0 Å². The van der Waals surface area contributed by atoms with E-state index >= 15 is 0 Å². The molecule has 1 saturated heterocycles. The average Bonchev–Trinajstić information content (AvgIpc) is 3.41. The highest BCUT2D eigenvalue weighted by Crippen LogP contribution is 2.29. The van der Waals surface area contributed by atoms with E-state index in [0.717, 1.165) is 11.3 Å². The number of hydrogen-bond donors (Lipinski definition) is 1. The van der Waals surface area contributed by atoms with E-state index in [9.17, 15) is 9.59 Å². The minimum absolute atomic E-state index is 0.00270. The molecule has 1 N–H and O–H groups in total. The molecular formula is C25H21N5O3S. The van der Waals surface area contributed by atoms with Crippen LogP contribution in [0, 0.1) is 0 Å². The smallest absolute Gasteiger partial charge is 0.267 e. The number of hydrogen-bond acceptors (Lipinski definition) is 7. The van der Waals surface area contributed by atoms with Crippen LogP contribution >= 0.6 is 12.2 Å². The number of carbonyl (C=O) groups excluding carboxylic acids is 2. The largest absolute Gasteiger partial charge is 0.416 e. The van der Waals surface area contributed by atoms with E-state index < -0.39 is 11.9 Å². The van der Waals surface area contributed by atoms with Crippen molar-refractivity contribution >= 4 is 46.3 Å². The summed E-state index contributed by atoms with van der Waals surface area (Å²) >= 11 is 5.37. The Kier molecular flexibility index (Phi) is 5.64. The number of carbonyl (C=O) groups is 2. The Hall–Kier alpha value is -3.95. The van der Waals surface area contributed by atoms with Gasteiger partial charge in [0, 0.05) is 17.8 Å². The van der Waals surface area contributed by atoms with E-state index in [1.165, 1.54) is 11.0 Å². The normalized spacial score (nSPS) is 17.8. The number of Topliss-reactive ketones (excluding diaryl/α,β-unsaturated/α-hetero) is 1. The summed E-state index contributed by atoms with van der Waals surface area (Å²) < 4.78 is 7.73. The van der Waals surface area contributed by atoms with Gasteiger partial charge in [0.05, 0.1) is 5.57 Å². The summed E-state index contributed by atoms with van der Waals surface area (Å²) in [5, 5.41) is 2.91. The first kappa shape index (κ1) is 21.9. The minimum Gasteiger partial charge on any atom is -0.416 e. The van der Waals surface area contributed by atoms with E-state index in [-0.39, 0.29) is 16.3 Å². The maximum Gasteiger partial charge on any atom is 0.267 e. The zero-order chi connectivity index (χ0) is 23.8. The van der Waals surface area contributed by atoms with Gasteiger partial charge in [-0.15, -0.1) is 0 Å². The monoisotopic (exact) mass is 471 g/mol. The number of para-hydroxylation sites is 1. The summed E-state index contributed by atoms with van der Waals surface area (Å²) in [6, 6.07) is 18.2. The molecule has 9 heteroatoms. The number of likely N-dealkylation sites (N-methyl/N-ethyl adjacent to an activating group) is 2. The molecule has 1 atom stereocenters. The lowest BCUT2D eigenvalue weighted by atomic mass is 9.97. The molecular weight excluding hydrogens is 450 g/mol. The van der Waals surface area contributed by atoms with Crippen molar-refractivity contribution in [2.45, 2.75) is 13.0 Å². The van der Waals surface area contributed by atoms with Gasteiger partial charge in [-0.2, -0.15) is 9.97 Å². The number of fused-ring (bicyclic) bond motifs is 1. The second-order valence-electron chi connectivity index (χ2n) is 7.69. The van der Waals surface area contributed by atoms with E-state index in [1.807, 2.05) is 67.6 Å². The minimum atomic E-state index is -0.759. The highest BCUT2D eigenvalue weighted by Gasteiger charge is 2.40. The summed E-state index contributed by atoms with van der Waals surface area (Å²) in [5.41, 5.74) is 2.39. The number of rotatable bonds is 5. The van der Waals surface area contributed by atoms with Gasteiger partial charge in [-0.1, -0.05) is 48.6 Å². The fourth-order valence-corrected chi connectivity index (χ4v) is 4.44. The molecule has 1 aliphatic rings. The number of oxazole rings is 1. The molecule has 0 aliphatic carbocycles. The van der Waals surface area contributed by atoms with Crippen LogP contribution in [-0.4, -0.2) is 55.7 Å². The lowest BCUT2D eigenvalue weighted by Crippen LogP contribution is -2.57. The molecule has 0 bridgehead atoms. The Labute approximate surface area is 200 Å². The maximum atomic E-state index is 13.1. The molecule has 1 unspecified atom stereocenters. The Morgan fingerprint density at radius 2 is 1.74 bits per heavy atom. The number of amides is 1. The zero-order valence-electron chi connectivity index (χ0n) is 18.6. The molecule has 0 saturated carbocycles. The molecule has 5 rings (SSSR count). The molecule has 4 aromatic rings. The van der Waals surface area contributed by atoms with Gasteiger partial charge in [0.2, 0.25) is 11.5 Å². The Morgan fingerprint density at radius 3 is 2.38 bits per heavy atom. The zero-order valence-corrected chi connectivity index (χ0v) is 19.4. The lowest BCUT2D eigenvalue weighted by Gasteiger charge is -2.32. The first-order valence-corrected chi connectivity index (χ1v) is 11.2. The van der Waals surface area contributed by atoms with Crippen molar-refractivity contribution in [2.24, 2.45) is 0 Å². The highest BCUT2D eigenvalue weighted by molar-refractivity contribution is 7.80. The second kappa shape index (κ2) is 8.77. The van der Waals surface area contributed by atoms with Crippen LogP contribution in [0.4, 0.5) is 0 Å². The second-order valence-corrected chi connectivity index (χ2v) is 8.10. The Balaban J connectivity index is 1.69. The molecule has 170 valence electrons. The van der Waals surface area contributed by atoms with Gasteiger partial charge in [0.25, 0.3) is 11.6 Å². The number of benzene rings is 2. The summed E-state index contributed by atoms with van der Waals surface area (Å²) in [5.74, 6) is -0.0347. The topological polar surface area (TPSA) is 93.3 Å². The number of nitrogens with one attached hydrogen (secondary N) is 1. The van der Waals surface area contributed by atoms with Gasteiger partial charge in [-0.3, -0.25) is 14.2 Å². The number of nitrogens with zero attached hydrogens (tertiary/aromatic N) is 4. The number of ketones is 1. The van der Waals surface area contributed by atoms with Gasteiger partial charge >= 0.3 is 0 Å². The Bertz CT molecular complexity index is 1410. The molecule has 2 aromatic carbocycles. The van der Waals surface area contributed by atoms with E-state index in [1.54, 1.807) is 11.6 Å². The fourth-order valence-electron chi connectivity index (χ4n) is 4.01. The lowest BCUT2D eigenvalue weighted by molar-refractivity contribution is -0.128. The number of aromatic nitrogens is 3. The molecule has 0 spiro atoms. The third-order valence-electron chi connectivity index (χ3n) is 5.68. The number of thiocarbonyl (C=S) groups is 1. The van der Waals surface area contributed by atoms with Crippen LogP contribution in [0.25, 0.3) is 34.6 Å². The van der Waals surface area contributed by atoms with Crippen molar-refractivity contribution in [1.82, 2.24) is 24.8 Å².